The SMILES string of the molecule is COCCc1c(C(N)=S)nnn1CCC1CCC1. The second kappa shape index (κ2) is 6.24. The quantitative estimate of drug-likeness (QED) is 0.755. The van der Waals surface area contributed by atoms with Crippen molar-refractivity contribution in [2.24, 2.45) is 11.7 Å². The summed E-state index contributed by atoms with van der Waals surface area (Å²) in [6.07, 6.45) is 5.99. The summed E-state index contributed by atoms with van der Waals surface area (Å²) in [5.74, 6) is 0.859. The van der Waals surface area contributed by atoms with Crippen LogP contribution < -0.4 is 5.73 Å². The van der Waals surface area contributed by atoms with E-state index in [-0.39, 0.29) is 0 Å². The zero-order valence-electron chi connectivity index (χ0n) is 10.8. The maximum Gasteiger partial charge on any atom is 0.143 e. The van der Waals surface area contributed by atoms with E-state index in [9.17, 15) is 0 Å². The van der Waals surface area contributed by atoms with E-state index in [1.807, 2.05) is 4.68 Å². The van der Waals surface area contributed by atoms with Crippen LogP contribution in [0, 0.1) is 5.92 Å². The molecule has 18 heavy (non-hydrogen) atoms. The molecule has 0 spiro atoms. The predicted octanol–water partition coefficient (Wildman–Crippen LogP) is 1.29. The summed E-state index contributed by atoms with van der Waals surface area (Å²) in [5, 5.41) is 8.25. The lowest BCUT2D eigenvalue weighted by atomic mass is 9.83. The number of nitrogens with zero attached hydrogens (tertiary/aromatic N) is 3. The first-order chi connectivity index (χ1) is 8.72. The molecule has 0 unspecified atom stereocenters. The maximum atomic E-state index is 5.67. The van der Waals surface area contributed by atoms with Gasteiger partial charge in [0.2, 0.25) is 0 Å². The smallest absolute Gasteiger partial charge is 0.143 e. The summed E-state index contributed by atoms with van der Waals surface area (Å²) < 4.78 is 7.05. The molecular formula is C12H20N4OS. The van der Waals surface area contributed by atoms with Crippen molar-refractivity contribution in [3.8, 4) is 0 Å². The van der Waals surface area contributed by atoms with Crippen LogP contribution in [0.15, 0.2) is 0 Å². The number of ether oxygens (including phenoxy) is 1. The molecule has 0 aromatic carbocycles. The number of methoxy groups -OCH3 is 1. The molecule has 1 aromatic heterocycles. The topological polar surface area (TPSA) is 66.0 Å². The van der Waals surface area contributed by atoms with Gasteiger partial charge < -0.3 is 10.5 Å². The molecule has 0 bridgehead atoms. The second-order valence-electron chi connectivity index (χ2n) is 4.80. The molecule has 1 aliphatic rings. The first-order valence-electron chi connectivity index (χ1n) is 6.43. The minimum atomic E-state index is 0.316. The lowest BCUT2D eigenvalue weighted by molar-refractivity contribution is 0.199. The van der Waals surface area contributed by atoms with Gasteiger partial charge >= 0.3 is 0 Å². The Bertz CT molecular complexity index is 414. The molecule has 2 rings (SSSR count). The van der Waals surface area contributed by atoms with Crippen LogP contribution in [0.2, 0.25) is 0 Å². The van der Waals surface area contributed by atoms with E-state index in [0.717, 1.165) is 24.6 Å². The van der Waals surface area contributed by atoms with Crippen LogP contribution in [0.4, 0.5) is 0 Å². The molecule has 5 nitrogen and oxygen atoms in total. The molecule has 100 valence electrons. The fourth-order valence-corrected chi connectivity index (χ4v) is 2.39. The summed E-state index contributed by atoms with van der Waals surface area (Å²) >= 11 is 5.00. The Kier molecular flexibility index (Phi) is 4.66. The van der Waals surface area contributed by atoms with Crippen LogP contribution in [-0.4, -0.2) is 33.7 Å². The molecule has 1 heterocycles. The van der Waals surface area contributed by atoms with Crippen molar-refractivity contribution in [1.82, 2.24) is 15.0 Å². The first-order valence-corrected chi connectivity index (χ1v) is 6.84. The lowest BCUT2D eigenvalue weighted by Gasteiger charge is -2.25. The molecule has 0 radical (unpaired) electrons. The third-order valence-corrected chi connectivity index (χ3v) is 3.78. The third kappa shape index (κ3) is 3.05. The van der Waals surface area contributed by atoms with Gasteiger partial charge in [-0.05, 0) is 12.3 Å². The molecule has 1 fully saturated rings. The summed E-state index contributed by atoms with van der Waals surface area (Å²) in [5.41, 5.74) is 7.32. The number of hydrogen-bond donors (Lipinski definition) is 1. The molecule has 2 N–H and O–H groups in total. The normalized spacial score (nSPS) is 15.6. The standard InChI is InChI=1S/C12H20N4OS/c1-17-8-6-10-11(12(13)18)14-15-16(10)7-5-9-3-2-4-9/h9H,2-8H2,1H3,(H2,13,18). The molecule has 0 saturated heterocycles. The van der Waals surface area contributed by atoms with Gasteiger partial charge in [0.05, 0.1) is 12.3 Å². The molecule has 0 amide bonds. The van der Waals surface area contributed by atoms with Crippen LogP contribution in [0.3, 0.4) is 0 Å². The van der Waals surface area contributed by atoms with Gasteiger partial charge in [0.25, 0.3) is 0 Å². The van der Waals surface area contributed by atoms with Gasteiger partial charge in [-0.1, -0.05) is 36.7 Å². The zero-order chi connectivity index (χ0) is 13.0. The molecular weight excluding hydrogens is 248 g/mol. The average molecular weight is 268 g/mol. The maximum absolute atomic E-state index is 5.67. The second-order valence-corrected chi connectivity index (χ2v) is 5.24. The van der Waals surface area contributed by atoms with Crippen molar-refractivity contribution < 1.29 is 4.74 Å². The molecule has 1 aliphatic carbocycles. The van der Waals surface area contributed by atoms with Crippen molar-refractivity contribution in [2.75, 3.05) is 13.7 Å². The molecule has 1 saturated carbocycles. The fraction of sp³-hybridized carbons (Fsp3) is 0.750. The minimum Gasteiger partial charge on any atom is -0.388 e. The fourth-order valence-electron chi connectivity index (χ4n) is 2.24. The summed E-state index contributed by atoms with van der Waals surface area (Å²) in [4.78, 5) is 0.316. The number of nitrogens with two attached hydrogens (primary N) is 1. The Hall–Kier alpha value is -1.01. The Labute approximate surface area is 113 Å². The van der Waals surface area contributed by atoms with Crippen molar-refractivity contribution in [1.29, 1.82) is 0 Å². The Balaban J connectivity index is 2.04. The number of thiocarbonyl (C=S) groups is 1. The highest BCUT2D eigenvalue weighted by molar-refractivity contribution is 7.80. The van der Waals surface area contributed by atoms with Gasteiger partial charge in [0, 0.05) is 20.1 Å². The van der Waals surface area contributed by atoms with E-state index in [4.69, 9.17) is 22.7 Å². The van der Waals surface area contributed by atoms with Gasteiger partial charge in [0.15, 0.2) is 0 Å². The van der Waals surface area contributed by atoms with Gasteiger partial charge in [-0.2, -0.15) is 0 Å². The van der Waals surface area contributed by atoms with E-state index < -0.39 is 0 Å². The summed E-state index contributed by atoms with van der Waals surface area (Å²) in [7, 11) is 1.68. The number of aryl methyl sites for hydroxylation is 1. The van der Waals surface area contributed by atoms with Crippen molar-refractivity contribution >= 4 is 17.2 Å². The summed E-state index contributed by atoms with van der Waals surface area (Å²) in [6.45, 7) is 1.53. The number of aromatic nitrogens is 3. The van der Waals surface area contributed by atoms with Crippen LogP contribution in [-0.2, 0) is 17.7 Å². The molecule has 0 aliphatic heterocycles. The van der Waals surface area contributed by atoms with E-state index >= 15 is 0 Å². The van der Waals surface area contributed by atoms with Crippen molar-refractivity contribution in [2.45, 2.75) is 38.6 Å². The Morgan fingerprint density at radius 2 is 2.33 bits per heavy atom. The van der Waals surface area contributed by atoms with Gasteiger partial charge in [-0.15, -0.1) is 5.10 Å². The Morgan fingerprint density at radius 1 is 1.56 bits per heavy atom. The van der Waals surface area contributed by atoms with E-state index in [1.165, 1.54) is 25.7 Å². The summed E-state index contributed by atoms with van der Waals surface area (Å²) in [6, 6.07) is 0. The van der Waals surface area contributed by atoms with Gasteiger partial charge in [-0.25, -0.2) is 4.68 Å². The van der Waals surface area contributed by atoms with Crippen LogP contribution in [0.1, 0.15) is 37.1 Å². The van der Waals surface area contributed by atoms with Crippen LogP contribution in [0.25, 0.3) is 0 Å². The monoisotopic (exact) mass is 268 g/mol. The predicted molar refractivity (Wildman–Crippen MR) is 73.4 cm³/mol. The highest BCUT2D eigenvalue weighted by atomic mass is 32.1. The highest BCUT2D eigenvalue weighted by Crippen LogP contribution is 2.29. The van der Waals surface area contributed by atoms with Crippen molar-refractivity contribution in [3.63, 3.8) is 0 Å². The van der Waals surface area contributed by atoms with Gasteiger partial charge in [0.1, 0.15) is 10.7 Å². The highest BCUT2D eigenvalue weighted by Gasteiger charge is 2.19. The molecule has 6 heteroatoms. The molecule has 1 aromatic rings. The van der Waals surface area contributed by atoms with E-state index in [0.29, 0.717) is 17.3 Å². The minimum absolute atomic E-state index is 0.316. The van der Waals surface area contributed by atoms with Crippen LogP contribution >= 0.6 is 12.2 Å². The Morgan fingerprint density at radius 3 is 2.89 bits per heavy atom. The molecule has 0 atom stereocenters. The zero-order valence-corrected chi connectivity index (χ0v) is 11.6. The third-order valence-electron chi connectivity index (χ3n) is 3.59. The van der Waals surface area contributed by atoms with Gasteiger partial charge in [-0.3, -0.25) is 0 Å². The number of rotatable bonds is 7. The van der Waals surface area contributed by atoms with Crippen LogP contribution in [0.5, 0.6) is 0 Å². The van der Waals surface area contributed by atoms with Crippen molar-refractivity contribution in [3.05, 3.63) is 11.4 Å². The first kappa shape index (κ1) is 13.4. The number of hydrogen-bond acceptors (Lipinski definition) is 4. The lowest BCUT2D eigenvalue weighted by Crippen LogP contribution is -2.18. The largest absolute Gasteiger partial charge is 0.388 e. The average Bonchev–Trinajstić information content (AvgIpc) is 2.67. The van der Waals surface area contributed by atoms with E-state index in [1.54, 1.807) is 7.11 Å². The van der Waals surface area contributed by atoms with E-state index in [2.05, 4.69) is 10.3 Å².